The van der Waals surface area contributed by atoms with Gasteiger partial charge in [-0.1, -0.05) is 60.7 Å². The molecular formula is C20H21NO2. The van der Waals surface area contributed by atoms with Gasteiger partial charge in [-0.05, 0) is 28.8 Å². The largest absolute Gasteiger partial charge is 0.489 e. The maximum Gasteiger partial charge on any atom is 0.123 e. The number of hydrogen-bond acceptors (Lipinski definition) is 3. The van der Waals surface area contributed by atoms with E-state index in [2.05, 4.69) is 18.2 Å². The number of ether oxygens (including phenoxy) is 1. The van der Waals surface area contributed by atoms with E-state index >= 15 is 0 Å². The molecule has 0 heterocycles. The summed E-state index contributed by atoms with van der Waals surface area (Å²) in [4.78, 5) is 0. The number of benzene rings is 3. The molecule has 3 rings (SSSR count). The van der Waals surface area contributed by atoms with E-state index in [4.69, 9.17) is 10.5 Å². The molecule has 0 aliphatic rings. The monoisotopic (exact) mass is 307 g/mol. The van der Waals surface area contributed by atoms with Crippen molar-refractivity contribution in [3.63, 3.8) is 0 Å². The van der Waals surface area contributed by atoms with Crippen LogP contribution in [-0.2, 0) is 13.0 Å². The minimum atomic E-state index is -0.292. The molecule has 3 heteroatoms. The Morgan fingerprint density at radius 2 is 1.65 bits per heavy atom. The zero-order valence-corrected chi connectivity index (χ0v) is 13.0. The first kappa shape index (κ1) is 15.5. The van der Waals surface area contributed by atoms with E-state index in [-0.39, 0.29) is 12.6 Å². The summed E-state index contributed by atoms with van der Waals surface area (Å²) in [5.41, 5.74) is 8.15. The quantitative estimate of drug-likeness (QED) is 0.735. The Hall–Kier alpha value is -2.36. The van der Waals surface area contributed by atoms with E-state index in [9.17, 15) is 5.11 Å². The van der Waals surface area contributed by atoms with E-state index in [0.29, 0.717) is 13.0 Å². The average Bonchev–Trinajstić information content (AvgIpc) is 2.61. The molecule has 3 nitrogen and oxygen atoms in total. The summed E-state index contributed by atoms with van der Waals surface area (Å²) in [6, 6.07) is 22.0. The number of aliphatic hydroxyl groups is 1. The second-order valence-electron chi connectivity index (χ2n) is 5.68. The first-order valence-electron chi connectivity index (χ1n) is 7.81. The normalized spacial score (nSPS) is 12.3. The summed E-state index contributed by atoms with van der Waals surface area (Å²) in [5, 5.41) is 11.6. The molecule has 0 bridgehead atoms. The number of hydrogen-bond donors (Lipinski definition) is 2. The lowest BCUT2D eigenvalue weighted by Crippen LogP contribution is -2.27. The molecule has 0 saturated carbocycles. The van der Waals surface area contributed by atoms with Crippen molar-refractivity contribution in [3.8, 4) is 5.75 Å². The highest BCUT2D eigenvalue weighted by molar-refractivity contribution is 5.87. The fourth-order valence-electron chi connectivity index (χ4n) is 2.72. The Morgan fingerprint density at radius 1 is 0.913 bits per heavy atom. The molecule has 0 aliphatic carbocycles. The highest BCUT2D eigenvalue weighted by Crippen LogP contribution is 2.29. The molecule has 0 amide bonds. The molecule has 3 aromatic carbocycles. The van der Waals surface area contributed by atoms with Crippen LogP contribution in [0.5, 0.6) is 5.75 Å². The predicted octanol–water partition coefficient (Wildman–Crippen LogP) is 3.28. The molecule has 0 fully saturated rings. The number of nitrogens with two attached hydrogens (primary N) is 1. The molecule has 1 unspecified atom stereocenters. The molecule has 1 atom stereocenters. The number of fused-ring (bicyclic) bond motifs is 1. The first-order chi connectivity index (χ1) is 11.3. The number of rotatable bonds is 6. The topological polar surface area (TPSA) is 55.5 Å². The Morgan fingerprint density at radius 3 is 2.43 bits per heavy atom. The Balaban J connectivity index is 1.93. The summed E-state index contributed by atoms with van der Waals surface area (Å²) in [5.74, 6) is 0.830. The van der Waals surface area contributed by atoms with E-state index in [0.717, 1.165) is 27.6 Å². The highest BCUT2D eigenvalue weighted by atomic mass is 16.5. The standard InChI is InChI=1S/C20H21NO2/c21-17(13-22)12-19-18-9-5-4-8-16(18)10-11-20(19)23-14-15-6-2-1-3-7-15/h1-11,17,22H,12-14,21H2. The van der Waals surface area contributed by atoms with Crippen molar-refractivity contribution in [3.05, 3.63) is 77.9 Å². The van der Waals surface area contributed by atoms with Crippen molar-refractivity contribution in [1.29, 1.82) is 0 Å². The third-order valence-electron chi connectivity index (χ3n) is 3.94. The van der Waals surface area contributed by atoms with Gasteiger partial charge >= 0.3 is 0 Å². The van der Waals surface area contributed by atoms with Gasteiger partial charge in [0.15, 0.2) is 0 Å². The molecular weight excluding hydrogens is 286 g/mol. The number of aliphatic hydroxyl groups excluding tert-OH is 1. The van der Waals surface area contributed by atoms with Gasteiger partial charge in [-0.15, -0.1) is 0 Å². The fourth-order valence-corrected chi connectivity index (χ4v) is 2.72. The van der Waals surface area contributed by atoms with Crippen LogP contribution < -0.4 is 10.5 Å². The van der Waals surface area contributed by atoms with Crippen molar-refractivity contribution < 1.29 is 9.84 Å². The van der Waals surface area contributed by atoms with Gasteiger partial charge in [0.2, 0.25) is 0 Å². The van der Waals surface area contributed by atoms with Crippen molar-refractivity contribution in [2.75, 3.05) is 6.61 Å². The van der Waals surface area contributed by atoms with E-state index < -0.39 is 0 Å². The van der Waals surface area contributed by atoms with Gasteiger partial charge in [-0.3, -0.25) is 0 Å². The Kier molecular flexibility index (Phi) is 4.91. The van der Waals surface area contributed by atoms with Gasteiger partial charge in [0.1, 0.15) is 12.4 Å². The van der Waals surface area contributed by atoms with Gasteiger partial charge in [0.25, 0.3) is 0 Å². The molecule has 0 spiro atoms. The molecule has 118 valence electrons. The lowest BCUT2D eigenvalue weighted by atomic mass is 9.98. The van der Waals surface area contributed by atoms with Gasteiger partial charge < -0.3 is 15.6 Å². The lowest BCUT2D eigenvalue weighted by Gasteiger charge is -2.17. The molecule has 23 heavy (non-hydrogen) atoms. The van der Waals surface area contributed by atoms with Crippen LogP contribution in [0.15, 0.2) is 66.7 Å². The van der Waals surface area contributed by atoms with Gasteiger partial charge in [-0.25, -0.2) is 0 Å². The summed E-state index contributed by atoms with van der Waals surface area (Å²) in [6.07, 6.45) is 0.585. The van der Waals surface area contributed by atoms with Crippen LogP contribution in [-0.4, -0.2) is 17.8 Å². The summed E-state index contributed by atoms with van der Waals surface area (Å²) >= 11 is 0. The third kappa shape index (κ3) is 3.70. The molecule has 0 aromatic heterocycles. The maximum atomic E-state index is 9.30. The minimum absolute atomic E-state index is 0.0403. The Bertz CT molecular complexity index is 771. The molecule has 0 saturated heterocycles. The molecule has 3 aromatic rings. The third-order valence-corrected chi connectivity index (χ3v) is 3.94. The van der Waals surface area contributed by atoms with Crippen molar-refractivity contribution in [1.82, 2.24) is 0 Å². The van der Waals surface area contributed by atoms with Crippen molar-refractivity contribution in [2.45, 2.75) is 19.1 Å². The van der Waals surface area contributed by atoms with Crippen LogP contribution in [0.3, 0.4) is 0 Å². The second-order valence-corrected chi connectivity index (χ2v) is 5.68. The minimum Gasteiger partial charge on any atom is -0.489 e. The summed E-state index contributed by atoms with van der Waals surface area (Å²) in [7, 11) is 0. The predicted molar refractivity (Wildman–Crippen MR) is 93.5 cm³/mol. The smallest absolute Gasteiger partial charge is 0.123 e. The van der Waals surface area contributed by atoms with Crippen molar-refractivity contribution in [2.24, 2.45) is 5.73 Å². The zero-order chi connectivity index (χ0) is 16.1. The van der Waals surface area contributed by atoms with E-state index in [1.807, 2.05) is 48.5 Å². The fraction of sp³-hybridized carbons (Fsp3) is 0.200. The summed E-state index contributed by atoms with van der Waals surface area (Å²) in [6.45, 7) is 0.474. The van der Waals surface area contributed by atoms with Crippen LogP contribution in [0, 0.1) is 0 Å². The molecule has 3 N–H and O–H groups in total. The van der Waals surface area contributed by atoms with Crippen LogP contribution in [0.2, 0.25) is 0 Å². The SMILES string of the molecule is NC(CO)Cc1c(OCc2ccccc2)ccc2ccccc12. The molecule has 0 radical (unpaired) electrons. The average molecular weight is 307 g/mol. The van der Waals surface area contributed by atoms with Crippen LogP contribution in [0.4, 0.5) is 0 Å². The van der Waals surface area contributed by atoms with Gasteiger partial charge in [0.05, 0.1) is 6.61 Å². The second kappa shape index (κ2) is 7.27. The summed E-state index contributed by atoms with van der Waals surface area (Å²) < 4.78 is 6.04. The van der Waals surface area contributed by atoms with Crippen LogP contribution in [0.1, 0.15) is 11.1 Å². The highest BCUT2D eigenvalue weighted by Gasteiger charge is 2.12. The van der Waals surface area contributed by atoms with Crippen molar-refractivity contribution >= 4 is 10.8 Å². The van der Waals surface area contributed by atoms with E-state index in [1.165, 1.54) is 0 Å². The van der Waals surface area contributed by atoms with Gasteiger partial charge in [0, 0.05) is 11.6 Å². The molecule has 0 aliphatic heterocycles. The maximum absolute atomic E-state index is 9.30. The lowest BCUT2D eigenvalue weighted by molar-refractivity contribution is 0.262. The Labute approximate surface area is 136 Å². The van der Waals surface area contributed by atoms with E-state index in [1.54, 1.807) is 0 Å². The zero-order valence-electron chi connectivity index (χ0n) is 13.0. The van der Waals surface area contributed by atoms with Crippen LogP contribution >= 0.6 is 0 Å². The van der Waals surface area contributed by atoms with Gasteiger partial charge in [-0.2, -0.15) is 0 Å². The van der Waals surface area contributed by atoms with Crippen LogP contribution in [0.25, 0.3) is 10.8 Å². The first-order valence-corrected chi connectivity index (χ1v) is 7.81.